The van der Waals surface area contributed by atoms with Gasteiger partial charge in [0, 0.05) is 31.6 Å². The van der Waals surface area contributed by atoms with E-state index in [1.807, 2.05) is 13.8 Å². The van der Waals surface area contributed by atoms with E-state index in [-0.39, 0.29) is 30.4 Å². The van der Waals surface area contributed by atoms with Gasteiger partial charge in [0.25, 0.3) is 0 Å². The highest BCUT2D eigenvalue weighted by molar-refractivity contribution is 5.78. The van der Waals surface area contributed by atoms with E-state index < -0.39 is 35.5 Å². The molecule has 9 heteroatoms. The highest BCUT2D eigenvalue weighted by Crippen LogP contribution is 2.13. The van der Waals surface area contributed by atoms with Gasteiger partial charge in [-0.1, -0.05) is 20.8 Å². The Morgan fingerprint density at radius 1 is 1.03 bits per heavy atom. The highest BCUT2D eigenvalue weighted by Gasteiger charge is 2.25. The summed E-state index contributed by atoms with van der Waals surface area (Å²) in [6.45, 7) is 11.8. The Morgan fingerprint density at radius 2 is 1.62 bits per heavy atom. The molecule has 1 unspecified atom stereocenters. The quantitative estimate of drug-likeness (QED) is 0.410. The Morgan fingerprint density at radius 3 is 2.16 bits per heavy atom. The number of benzene rings is 1. The lowest BCUT2D eigenvalue weighted by Crippen LogP contribution is -2.50. The van der Waals surface area contributed by atoms with Crippen LogP contribution in [-0.2, 0) is 16.0 Å². The topological polar surface area (TPSA) is 99.7 Å². The second kappa shape index (κ2) is 12.7. The van der Waals surface area contributed by atoms with Crippen molar-refractivity contribution in [2.24, 2.45) is 11.8 Å². The van der Waals surface area contributed by atoms with E-state index in [0.717, 1.165) is 18.2 Å². The van der Waals surface area contributed by atoms with E-state index in [1.54, 1.807) is 27.7 Å². The fourth-order valence-corrected chi connectivity index (χ4v) is 2.89. The van der Waals surface area contributed by atoms with Crippen molar-refractivity contribution < 1.29 is 28.2 Å². The molecule has 0 aliphatic heterocycles. The molecule has 182 valence electrons. The van der Waals surface area contributed by atoms with Crippen LogP contribution in [-0.4, -0.2) is 54.5 Å². The van der Waals surface area contributed by atoms with Crippen LogP contribution in [0.3, 0.4) is 0 Å². The maximum absolute atomic E-state index is 13.6. The van der Waals surface area contributed by atoms with E-state index >= 15 is 0 Å². The molecule has 3 atom stereocenters. The summed E-state index contributed by atoms with van der Waals surface area (Å²) in [6, 6.07) is 2.18. The number of hydrogen-bond acceptors (Lipinski definition) is 5. The van der Waals surface area contributed by atoms with Crippen molar-refractivity contribution in [3.8, 4) is 0 Å². The molecule has 0 saturated heterocycles. The summed E-state index contributed by atoms with van der Waals surface area (Å²) in [5, 5.41) is 19.1. The van der Waals surface area contributed by atoms with Crippen LogP contribution in [0, 0.1) is 23.5 Å². The molecule has 32 heavy (non-hydrogen) atoms. The van der Waals surface area contributed by atoms with Crippen LogP contribution in [0.1, 0.15) is 47.1 Å². The highest BCUT2D eigenvalue weighted by atomic mass is 19.1. The molecule has 1 aromatic rings. The van der Waals surface area contributed by atoms with Gasteiger partial charge in [-0.05, 0) is 50.8 Å². The molecule has 0 bridgehead atoms. The van der Waals surface area contributed by atoms with Crippen LogP contribution in [0.2, 0.25) is 0 Å². The van der Waals surface area contributed by atoms with Crippen molar-refractivity contribution in [2.75, 3.05) is 19.6 Å². The summed E-state index contributed by atoms with van der Waals surface area (Å²) in [7, 11) is 0. The van der Waals surface area contributed by atoms with Crippen molar-refractivity contribution in [3.63, 3.8) is 0 Å². The van der Waals surface area contributed by atoms with Gasteiger partial charge in [0.05, 0.1) is 12.1 Å². The fraction of sp³-hybridized carbons (Fsp3) is 0.652. The minimum atomic E-state index is -1.10. The number of carbonyl (C=O) groups is 2. The van der Waals surface area contributed by atoms with Crippen LogP contribution in [0.5, 0.6) is 0 Å². The lowest BCUT2D eigenvalue weighted by atomic mass is 10.0. The average Bonchev–Trinajstić information content (AvgIpc) is 2.62. The number of hydrogen-bond donors (Lipinski definition) is 4. The molecule has 0 aliphatic carbocycles. The van der Waals surface area contributed by atoms with Gasteiger partial charge in [0.1, 0.15) is 17.2 Å². The summed E-state index contributed by atoms with van der Waals surface area (Å²) in [5.74, 6) is -1.57. The van der Waals surface area contributed by atoms with Crippen LogP contribution in [0.15, 0.2) is 18.2 Å². The van der Waals surface area contributed by atoms with Crippen LogP contribution in [0.25, 0.3) is 0 Å². The molecule has 0 heterocycles. The van der Waals surface area contributed by atoms with Crippen molar-refractivity contribution in [3.05, 3.63) is 35.4 Å². The minimum Gasteiger partial charge on any atom is -0.444 e. The Labute approximate surface area is 189 Å². The van der Waals surface area contributed by atoms with Crippen LogP contribution >= 0.6 is 0 Å². The fourth-order valence-electron chi connectivity index (χ4n) is 2.89. The predicted octanol–water partition coefficient (Wildman–Crippen LogP) is 2.76. The number of carbonyl (C=O) groups excluding carboxylic acids is 2. The number of halogens is 2. The molecule has 2 amide bonds. The van der Waals surface area contributed by atoms with Gasteiger partial charge in [-0.2, -0.15) is 0 Å². The molecular formula is C23H37F2N3O4. The average molecular weight is 458 g/mol. The zero-order chi connectivity index (χ0) is 24.5. The van der Waals surface area contributed by atoms with Crippen molar-refractivity contribution >= 4 is 12.0 Å². The van der Waals surface area contributed by atoms with Crippen LogP contribution in [0.4, 0.5) is 13.6 Å². The third-order valence-corrected chi connectivity index (χ3v) is 4.48. The standard InChI is InChI=1S/C23H37F2N3O4/c1-14(2)11-27-21(30)15(3)12-26-13-20(29)19(28-22(31)32-23(4,5)6)9-16-7-17(24)10-18(25)8-16/h7-8,10,14-15,19-20,26,29H,9,11-13H2,1-6H3,(H,27,30)(H,28,31)/t15?,19-,20+/m0/s1. The molecule has 0 radical (unpaired) electrons. The van der Waals surface area contributed by atoms with E-state index in [2.05, 4.69) is 16.0 Å². The summed E-state index contributed by atoms with van der Waals surface area (Å²) < 4.78 is 32.4. The summed E-state index contributed by atoms with van der Waals surface area (Å²) in [5.41, 5.74) is -0.467. The van der Waals surface area contributed by atoms with Crippen LogP contribution < -0.4 is 16.0 Å². The normalized spacial score (nSPS) is 14.6. The third-order valence-electron chi connectivity index (χ3n) is 4.48. The second-order valence-electron chi connectivity index (χ2n) is 9.50. The number of nitrogens with one attached hydrogen (secondary N) is 3. The summed E-state index contributed by atoms with van der Waals surface area (Å²) in [6.07, 6.45) is -1.86. The number of aliphatic hydroxyl groups excluding tert-OH is 1. The lowest BCUT2D eigenvalue weighted by Gasteiger charge is -2.27. The van der Waals surface area contributed by atoms with E-state index in [1.165, 1.54) is 0 Å². The molecule has 0 fully saturated rings. The number of aliphatic hydroxyl groups is 1. The van der Waals surface area contributed by atoms with Gasteiger partial charge >= 0.3 is 6.09 Å². The number of alkyl carbamates (subject to hydrolysis) is 1. The maximum Gasteiger partial charge on any atom is 0.407 e. The Kier molecular flexibility index (Phi) is 11.0. The Hall–Kier alpha value is -2.26. The first-order valence-electron chi connectivity index (χ1n) is 10.9. The van der Waals surface area contributed by atoms with E-state index in [0.29, 0.717) is 19.0 Å². The van der Waals surface area contributed by atoms with Gasteiger partial charge in [0.15, 0.2) is 0 Å². The Bertz CT molecular complexity index is 733. The first-order chi connectivity index (χ1) is 14.8. The molecular weight excluding hydrogens is 420 g/mol. The van der Waals surface area contributed by atoms with Crippen molar-refractivity contribution in [2.45, 2.75) is 65.7 Å². The molecule has 0 spiro atoms. The number of rotatable bonds is 11. The molecule has 7 nitrogen and oxygen atoms in total. The first-order valence-corrected chi connectivity index (χ1v) is 10.9. The number of ether oxygens (including phenoxy) is 1. The largest absolute Gasteiger partial charge is 0.444 e. The van der Waals surface area contributed by atoms with Crippen molar-refractivity contribution in [1.82, 2.24) is 16.0 Å². The molecule has 0 aliphatic rings. The molecule has 1 rings (SSSR count). The number of amides is 2. The van der Waals surface area contributed by atoms with Gasteiger partial charge in [-0.15, -0.1) is 0 Å². The maximum atomic E-state index is 13.6. The summed E-state index contributed by atoms with van der Waals surface area (Å²) >= 11 is 0. The van der Waals surface area contributed by atoms with Gasteiger partial charge in [0.2, 0.25) is 5.91 Å². The minimum absolute atomic E-state index is 0.0127. The third kappa shape index (κ3) is 11.4. The monoisotopic (exact) mass is 457 g/mol. The SMILES string of the molecule is CC(C)CNC(=O)C(C)CNC[C@@H](O)[C@H](Cc1cc(F)cc(F)c1)NC(=O)OC(C)(C)C. The molecule has 0 aromatic heterocycles. The first kappa shape index (κ1) is 27.8. The zero-order valence-electron chi connectivity index (χ0n) is 19.8. The Balaban J connectivity index is 2.75. The van der Waals surface area contributed by atoms with E-state index in [4.69, 9.17) is 4.74 Å². The van der Waals surface area contributed by atoms with Gasteiger partial charge < -0.3 is 25.8 Å². The molecule has 0 saturated carbocycles. The smallest absolute Gasteiger partial charge is 0.407 e. The predicted molar refractivity (Wildman–Crippen MR) is 119 cm³/mol. The van der Waals surface area contributed by atoms with Gasteiger partial charge in [-0.25, -0.2) is 13.6 Å². The molecule has 1 aromatic carbocycles. The van der Waals surface area contributed by atoms with Crippen molar-refractivity contribution in [1.29, 1.82) is 0 Å². The summed E-state index contributed by atoms with van der Waals surface area (Å²) in [4.78, 5) is 24.3. The zero-order valence-corrected chi connectivity index (χ0v) is 19.8. The lowest BCUT2D eigenvalue weighted by molar-refractivity contribution is -0.124. The van der Waals surface area contributed by atoms with Gasteiger partial charge in [-0.3, -0.25) is 4.79 Å². The second-order valence-corrected chi connectivity index (χ2v) is 9.50. The molecule has 4 N–H and O–H groups in total. The van der Waals surface area contributed by atoms with E-state index in [9.17, 15) is 23.5 Å².